The average molecular weight is 291 g/mol. The van der Waals surface area contributed by atoms with Gasteiger partial charge in [-0.2, -0.15) is 0 Å². The monoisotopic (exact) mass is 291 g/mol. The third-order valence-corrected chi connectivity index (χ3v) is 5.06. The van der Waals surface area contributed by atoms with Crippen LogP contribution in [0.4, 0.5) is 4.79 Å². The normalized spacial score (nSPS) is 28.3. The van der Waals surface area contributed by atoms with Crippen LogP contribution >= 0.6 is 0 Å². The van der Waals surface area contributed by atoms with Crippen molar-refractivity contribution in [3.05, 3.63) is 30.1 Å². The van der Waals surface area contributed by atoms with Gasteiger partial charge in [0.25, 0.3) is 0 Å². The summed E-state index contributed by atoms with van der Waals surface area (Å²) in [6.45, 7) is 8.24. The zero-order chi connectivity index (χ0) is 15.7. The molecule has 2 amide bonds. The number of hydrogen-bond acceptors (Lipinski definition) is 3. The largest absolute Gasteiger partial charge is 0.378 e. The van der Waals surface area contributed by atoms with Crippen LogP contribution in [0, 0.1) is 5.41 Å². The smallest absolute Gasteiger partial charge is 0.315 e. The van der Waals surface area contributed by atoms with Crippen LogP contribution in [0.3, 0.4) is 0 Å². The predicted octanol–water partition coefficient (Wildman–Crippen LogP) is 2.65. The number of pyridine rings is 1. The molecule has 1 saturated carbocycles. The van der Waals surface area contributed by atoms with Gasteiger partial charge in [-0.1, -0.05) is 19.9 Å². The molecular weight excluding hydrogens is 266 g/mol. The molecule has 2 N–H and O–H groups in total. The van der Waals surface area contributed by atoms with Crippen molar-refractivity contribution in [2.75, 3.05) is 7.11 Å². The molecule has 1 aromatic rings. The molecule has 116 valence electrons. The fourth-order valence-electron chi connectivity index (χ4n) is 2.83. The summed E-state index contributed by atoms with van der Waals surface area (Å²) in [4.78, 5) is 16.4. The van der Waals surface area contributed by atoms with Gasteiger partial charge in [-0.05, 0) is 32.4 Å². The van der Waals surface area contributed by atoms with Gasteiger partial charge in [0.15, 0.2) is 0 Å². The first-order valence-electron chi connectivity index (χ1n) is 7.33. The van der Waals surface area contributed by atoms with Crippen LogP contribution in [0.2, 0.25) is 0 Å². The molecule has 0 bridgehead atoms. The Morgan fingerprint density at radius 3 is 2.67 bits per heavy atom. The SMILES string of the molecule is COC1(C)CC(NC(=O)NC(C)c2ccccn2)C1(C)C. The van der Waals surface area contributed by atoms with Crippen LogP contribution in [0.1, 0.15) is 45.9 Å². The van der Waals surface area contributed by atoms with Gasteiger partial charge >= 0.3 is 6.03 Å². The molecule has 1 aliphatic rings. The number of carbonyl (C=O) groups is 1. The second kappa shape index (κ2) is 5.64. The summed E-state index contributed by atoms with van der Waals surface area (Å²) in [5, 5.41) is 5.96. The van der Waals surface area contributed by atoms with Crippen LogP contribution < -0.4 is 10.6 Å². The van der Waals surface area contributed by atoms with Gasteiger partial charge in [-0.25, -0.2) is 4.79 Å². The van der Waals surface area contributed by atoms with Crippen LogP contribution in [0.5, 0.6) is 0 Å². The van der Waals surface area contributed by atoms with E-state index in [0.717, 1.165) is 12.1 Å². The lowest BCUT2D eigenvalue weighted by Gasteiger charge is -2.59. The molecule has 1 heterocycles. The standard InChI is InChI=1S/C16H25N3O2/c1-11(12-8-6-7-9-17-12)18-14(20)19-13-10-16(4,21-5)15(13,2)3/h6-9,11,13H,10H2,1-5H3,(H2,18,19,20). The third kappa shape index (κ3) is 2.88. The Morgan fingerprint density at radius 2 is 2.14 bits per heavy atom. The fourth-order valence-corrected chi connectivity index (χ4v) is 2.83. The molecule has 1 fully saturated rings. The molecule has 1 aromatic heterocycles. The molecule has 2 rings (SSSR count). The second-order valence-electron chi connectivity index (χ2n) is 6.51. The van der Waals surface area contributed by atoms with E-state index in [0.29, 0.717) is 0 Å². The summed E-state index contributed by atoms with van der Waals surface area (Å²) in [7, 11) is 1.72. The highest BCUT2D eigenvalue weighted by molar-refractivity contribution is 5.75. The summed E-state index contributed by atoms with van der Waals surface area (Å²) in [5.74, 6) is 0. The van der Waals surface area contributed by atoms with E-state index in [4.69, 9.17) is 4.74 Å². The van der Waals surface area contributed by atoms with Gasteiger partial charge in [-0.15, -0.1) is 0 Å². The van der Waals surface area contributed by atoms with E-state index in [1.54, 1.807) is 13.3 Å². The van der Waals surface area contributed by atoms with E-state index in [1.807, 2.05) is 25.1 Å². The predicted molar refractivity (Wildman–Crippen MR) is 81.9 cm³/mol. The summed E-state index contributed by atoms with van der Waals surface area (Å²) in [5.41, 5.74) is 0.576. The highest BCUT2D eigenvalue weighted by Gasteiger charge is 2.58. The minimum Gasteiger partial charge on any atom is -0.378 e. The van der Waals surface area contributed by atoms with Crippen LogP contribution in [0.15, 0.2) is 24.4 Å². The van der Waals surface area contributed by atoms with Crippen molar-refractivity contribution in [2.24, 2.45) is 5.41 Å². The Morgan fingerprint density at radius 1 is 1.43 bits per heavy atom. The van der Waals surface area contributed by atoms with E-state index in [9.17, 15) is 4.79 Å². The maximum absolute atomic E-state index is 12.1. The molecule has 0 aliphatic heterocycles. The Hall–Kier alpha value is -1.62. The highest BCUT2D eigenvalue weighted by atomic mass is 16.5. The third-order valence-electron chi connectivity index (χ3n) is 5.06. The number of nitrogens with one attached hydrogen (secondary N) is 2. The van der Waals surface area contributed by atoms with Crippen molar-refractivity contribution < 1.29 is 9.53 Å². The van der Waals surface area contributed by atoms with Crippen LogP contribution in [0.25, 0.3) is 0 Å². The number of amides is 2. The van der Waals surface area contributed by atoms with Crippen LogP contribution in [-0.2, 0) is 4.74 Å². The van der Waals surface area contributed by atoms with Gasteiger partial charge in [0, 0.05) is 24.8 Å². The summed E-state index contributed by atoms with van der Waals surface area (Å²) < 4.78 is 5.57. The number of urea groups is 1. The topological polar surface area (TPSA) is 63.2 Å². The van der Waals surface area contributed by atoms with Gasteiger partial charge in [-0.3, -0.25) is 4.98 Å². The fraction of sp³-hybridized carbons (Fsp3) is 0.625. The zero-order valence-corrected chi connectivity index (χ0v) is 13.4. The number of ether oxygens (including phenoxy) is 1. The Labute approximate surface area is 126 Å². The maximum atomic E-state index is 12.1. The molecule has 5 heteroatoms. The average Bonchev–Trinajstić information content (AvgIpc) is 2.47. The quantitative estimate of drug-likeness (QED) is 0.896. The van der Waals surface area contributed by atoms with E-state index in [1.165, 1.54) is 0 Å². The van der Waals surface area contributed by atoms with Gasteiger partial charge < -0.3 is 15.4 Å². The minimum atomic E-state index is -0.183. The number of methoxy groups -OCH3 is 1. The molecular formula is C16H25N3O2. The molecule has 21 heavy (non-hydrogen) atoms. The molecule has 5 nitrogen and oxygen atoms in total. The number of nitrogens with zero attached hydrogens (tertiary/aromatic N) is 1. The van der Waals surface area contributed by atoms with Gasteiger partial charge in [0.1, 0.15) is 0 Å². The first-order valence-corrected chi connectivity index (χ1v) is 7.33. The Kier molecular flexibility index (Phi) is 4.23. The number of aromatic nitrogens is 1. The van der Waals surface area contributed by atoms with Crippen LogP contribution in [-0.4, -0.2) is 29.8 Å². The second-order valence-corrected chi connectivity index (χ2v) is 6.51. The molecule has 3 unspecified atom stereocenters. The molecule has 0 spiro atoms. The first kappa shape index (κ1) is 15.8. The minimum absolute atomic E-state index is 0.0900. The molecule has 1 aliphatic carbocycles. The summed E-state index contributed by atoms with van der Waals surface area (Å²) in [6.07, 6.45) is 2.55. The van der Waals surface area contributed by atoms with Gasteiger partial charge in [0.2, 0.25) is 0 Å². The molecule has 0 saturated heterocycles. The molecule has 3 atom stereocenters. The lowest BCUT2D eigenvalue weighted by Crippen LogP contribution is -2.69. The maximum Gasteiger partial charge on any atom is 0.315 e. The van der Waals surface area contributed by atoms with Crippen molar-refractivity contribution in [2.45, 2.75) is 51.8 Å². The first-order chi connectivity index (χ1) is 9.80. The lowest BCUT2D eigenvalue weighted by atomic mass is 9.56. The van der Waals surface area contributed by atoms with Crippen molar-refractivity contribution >= 4 is 6.03 Å². The van der Waals surface area contributed by atoms with Crippen molar-refractivity contribution in [1.82, 2.24) is 15.6 Å². The van der Waals surface area contributed by atoms with E-state index in [2.05, 4.69) is 36.4 Å². The van der Waals surface area contributed by atoms with Gasteiger partial charge in [0.05, 0.1) is 17.3 Å². The lowest BCUT2D eigenvalue weighted by molar-refractivity contribution is -0.177. The Balaban J connectivity index is 1.89. The number of hydrogen-bond donors (Lipinski definition) is 2. The van der Waals surface area contributed by atoms with Crippen molar-refractivity contribution in [3.8, 4) is 0 Å². The summed E-state index contributed by atoms with van der Waals surface area (Å²) >= 11 is 0. The molecule has 0 aromatic carbocycles. The van der Waals surface area contributed by atoms with Crippen molar-refractivity contribution in [1.29, 1.82) is 0 Å². The van der Waals surface area contributed by atoms with Crippen molar-refractivity contribution in [3.63, 3.8) is 0 Å². The van der Waals surface area contributed by atoms with E-state index >= 15 is 0 Å². The van der Waals surface area contributed by atoms with E-state index in [-0.39, 0.29) is 29.1 Å². The van der Waals surface area contributed by atoms with E-state index < -0.39 is 0 Å². The number of carbonyl (C=O) groups excluding carboxylic acids is 1. The molecule has 0 radical (unpaired) electrons. The zero-order valence-electron chi connectivity index (χ0n) is 13.4. The highest BCUT2D eigenvalue weighted by Crippen LogP contribution is 2.51. The Bertz CT molecular complexity index is 504. The summed E-state index contributed by atoms with van der Waals surface area (Å²) in [6, 6.07) is 5.50. The number of rotatable bonds is 4.